The van der Waals surface area contributed by atoms with Gasteiger partial charge in [-0.05, 0) is 55.2 Å². The number of para-hydroxylation sites is 2. The van der Waals surface area contributed by atoms with E-state index in [9.17, 15) is 13.2 Å². The zero-order chi connectivity index (χ0) is 22.8. The van der Waals surface area contributed by atoms with Crippen molar-refractivity contribution in [2.24, 2.45) is 0 Å². The van der Waals surface area contributed by atoms with Crippen molar-refractivity contribution in [3.05, 3.63) is 60.2 Å². The third-order valence-electron chi connectivity index (χ3n) is 6.48. The lowest BCUT2D eigenvalue weighted by Gasteiger charge is -2.25. The second-order valence-electron chi connectivity index (χ2n) is 8.74. The van der Waals surface area contributed by atoms with Crippen molar-refractivity contribution in [2.75, 3.05) is 21.9 Å². The largest absolute Gasteiger partial charge is 0.307 e. The summed E-state index contributed by atoms with van der Waals surface area (Å²) >= 11 is 0. The zero-order valence-electron chi connectivity index (χ0n) is 18.5. The molecular weight excluding hydrogens is 436 g/mol. The van der Waals surface area contributed by atoms with Gasteiger partial charge in [0.05, 0.1) is 22.5 Å². The summed E-state index contributed by atoms with van der Waals surface area (Å²) in [6.07, 6.45) is 9.71. The van der Waals surface area contributed by atoms with E-state index in [1.54, 1.807) is 18.2 Å². The Bertz CT molecular complexity index is 1290. The molecule has 0 unspecified atom stereocenters. The fourth-order valence-corrected chi connectivity index (χ4v) is 6.41. The van der Waals surface area contributed by atoms with Crippen LogP contribution in [0.3, 0.4) is 0 Å². The van der Waals surface area contributed by atoms with Gasteiger partial charge < -0.3 is 4.57 Å². The number of nitrogens with zero attached hydrogens (tertiary/aromatic N) is 3. The van der Waals surface area contributed by atoms with E-state index in [2.05, 4.69) is 20.9 Å². The molecule has 1 saturated heterocycles. The minimum Gasteiger partial charge on any atom is -0.307 e. The number of fused-ring (bicyclic) bond motifs is 1. The van der Waals surface area contributed by atoms with Gasteiger partial charge in [0.15, 0.2) is 0 Å². The first-order valence-corrected chi connectivity index (χ1v) is 13.2. The van der Waals surface area contributed by atoms with Crippen molar-refractivity contribution in [3.63, 3.8) is 0 Å². The number of nitrogens with one attached hydrogen (secondary N) is 1. The molecule has 1 N–H and O–H groups in total. The maximum absolute atomic E-state index is 12.7. The lowest BCUT2D eigenvalue weighted by atomic mass is 9.95. The summed E-state index contributed by atoms with van der Waals surface area (Å²) in [6.45, 7) is 0.516. The summed E-state index contributed by atoms with van der Waals surface area (Å²) in [7, 11) is -3.20. The van der Waals surface area contributed by atoms with Gasteiger partial charge in [-0.15, -0.1) is 0 Å². The number of carbonyl (C=O) groups is 1. The molecule has 1 aliphatic heterocycles. The maximum Gasteiger partial charge on any atom is 0.250 e. The molecule has 0 bridgehead atoms. The number of hydrogen-bond donors (Lipinski definition) is 1. The molecule has 8 heteroatoms. The first-order chi connectivity index (χ1) is 16.0. The Kier molecular flexibility index (Phi) is 5.93. The lowest BCUT2D eigenvalue weighted by Crippen LogP contribution is -2.24. The van der Waals surface area contributed by atoms with Gasteiger partial charge in [-0.3, -0.25) is 14.4 Å². The SMILES string of the molecule is O=C(/C=C/c1ccc(N2CCCS2(=O)=O)cc1)Nc1nc2ccccc2n1C1CCCCC1. The smallest absolute Gasteiger partial charge is 0.250 e. The molecule has 2 heterocycles. The highest BCUT2D eigenvalue weighted by Gasteiger charge is 2.28. The van der Waals surface area contributed by atoms with Crippen LogP contribution in [0.1, 0.15) is 50.1 Å². The number of imidazole rings is 1. The van der Waals surface area contributed by atoms with Crippen molar-refractivity contribution in [1.82, 2.24) is 9.55 Å². The van der Waals surface area contributed by atoms with Gasteiger partial charge in [-0.1, -0.05) is 43.5 Å². The molecular formula is C25H28N4O3S. The fourth-order valence-electron chi connectivity index (χ4n) is 4.85. The van der Waals surface area contributed by atoms with Crippen LogP contribution in [0, 0.1) is 0 Å². The van der Waals surface area contributed by atoms with E-state index < -0.39 is 10.0 Å². The van der Waals surface area contributed by atoms with Crippen LogP contribution in [0.15, 0.2) is 54.6 Å². The van der Waals surface area contributed by atoms with Crippen molar-refractivity contribution in [3.8, 4) is 0 Å². The minimum atomic E-state index is -3.20. The van der Waals surface area contributed by atoms with Gasteiger partial charge in [0.25, 0.3) is 5.91 Å². The summed E-state index contributed by atoms with van der Waals surface area (Å²) in [6, 6.07) is 15.6. The summed E-state index contributed by atoms with van der Waals surface area (Å²) in [5, 5.41) is 2.97. The molecule has 33 heavy (non-hydrogen) atoms. The van der Waals surface area contributed by atoms with Gasteiger partial charge >= 0.3 is 0 Å². The number of amides is 1. The standard InChI is InChI=1S/C25H28N4O3S/c30-24(16-13-19-11-14-20(15-12-19)28-17-6-18-33(28,31)32)27-25-26-22-9-4-5-10-23(22)29(25)21-7-2-1-3-8-21/h4-5,9-16,21H,1-3,6-8,17-18H2,(H,26,27,30)/b16-13+. The topological polar surface area (TPSA) is 84.3 Å². The van der Waals surface area contributed by atoms with E-state index >= 15 is 0 Å². The van der Waals surface area contributed by atoms with E-state index in [1.165, 1.54) is 29.6 Å². The number of aromatic nitrogens is 2. The number of benzene rings is 2. The second-order valence-corrected chi connectivity index (χ2v) is 10.8. The zero-order valence-corrected chi connectivity index (χ0v) is 19.3. The average Bonchev–Trinajstić information content (AvgIpc) is 3.37. The number of anilines is 2. The van der Waals surface area contributed by atoms with E-state index in [4.69, 9.17) is 0 Å². The van der Waals surface area contributed by atoms with E-state index in [0.29, 0.717) is 30.6 Å². The van der Waals surface area contributed by atoms with Crippen molar-refractivity contribution in [2.45, 2.75) is 44.6 Å². The third-order valence-corrected chi connectivity index (χ3v) is 8.35. The summed E-state index contributed by atoms with van der Waals surface area (Å²) < 4.78 is 27.8. The monoisotopic (exact) mass is 464 g/mol. The second kappa shape index (κ2) is 9.02. The van der Waals surface area contributed by atoms with Crippen LogP contribution < -0.4 is 9.62 Å². The predicted molar refractivity (Wildman–Crippen MR) is 132 cm³/mol. The van der Waals surface area contributed by atoms with E-state index in [0.717, 1.165) is 29.4 Å². The summed E-state index contributed by atoms with van der Waals surface area (Å²) in [4.78, 5) is 17.4. The molecule has 172 valence electrons. The first-order valence-electron chi connectivity index (χ1n) is 11.6. The van der Waals surface area contributed by atoms with Crippen LogP contribution in [-0.4, -0.2) is 36.2 Å². The van der Waals surface area contributed by atoms with Crippen LogP contribution in [0.2, 0.25) is 0 Å². The molecule has 7 nitrogen and oxygen atoms in total. The van der Waals surface area contributed by atoms with Gasteiger partial charge in [0.1, 0.15) is 0 Å². The maximum atomic E-state index is 12.7. The van der Waals surface area contributed by atoms with Crippen LogP contribution in [0.4, 0.5) is 11.6 Å². The third kappa shape index (κ3) is 4.53. The number of rotatable bonds is 5. The number of hydrogen-bond acceptors (Lipinski definition) is 4. The van der Waals surface area contributed by atoms with E-state index in [-0.39, 0.29) is 11.7 Å². The summed E-state index contributed by atoms with van der Waals surface area (Å²) in [5.74, 6) is 0.543. The Morgan fingerprint density at radius 1 is 1.00 bits per heavy atom. The molecule has 1 amide bonds. The molecule has 1 aliphatic carbocycles. The number of sulfonamides is 1. The van der Waals surface area contributed by atoms with Crippen LogP contribution in [0.5, 0.6) is 0 Å². The highest BCUT2D eigenvalue weighted by Crippen LogP contribution is 2.34. The molecule has 0 atom stereocenters. The molecule has 3 aromatic rings. The van der Waals surface area contributed by atoms with Crippen molar-refractivity contribution in [1.29, 1.82) is 0 Å². The molecule has 2 aromatic carbocycles. The Labute approximate surface area is 194 Å². The van der Waals surface area contributed by atoms with Gasteiger partial charge in [-0.25, -0.2) is 13.4 Å². The molecule has 1 aromatic heterocycles. The van der Waals surface area contributed by atoms with Crippen LogP contribution in [0.25, 0.3) is 17.1 Å². The molecule has 2 aliphatic rings. The Hall–Kier alpha value is -3.13. The molecule has 2 fully saturated rings. The van der Waals surface area contributed by atoms with Crippen LogP contribution in [-0.2, 0) is 14.8 Å². The Morgan fingerprint density at radius 2 is 1.76 bits per heavy atom. The summed E-state index contributed by atoms with van der Waals surface area (Å²) in [5.41, 5.74) is 3.42. The van der Waals surface area contributed by atoms with Crippen LogP contribution >= 0.6 is 0 Å². The predicted octanol–water partition coefficient (Wildman–Crippen LogP) is 4.73. The fraction of sp³-hybridized carbons (Fsp3) is 0.360. The van der Waals surface area contributed by atoms with E-state index in [1.807, 2.05) is 30.3 Å². The Balaban J connectivity index is 1.32. The van der Waals surface area contributed by atoms with Crippen molar-refractivity contribution >= 4 is 44.7 Å². The minimum absolute atomic E-state index is 0.195. The molecule has 0 spiro atoms. The molecule has 0 radical (unpaired) electrons. The normalized spacial score (nSPS) is 18.8. The first kappa shape index (κ1) is 21.7. The highest BCUT2D eigenvalue weighted by atomic mass is 32.2. The number of carbonyl (C=O) groups excluding carboxylic acids is 1. The lowest BCUT2D eigenvalue weighted by molar-refractivity contribution is -0.111. The highest BCUT2D eigenvalue weighted by molar-refractivity contribution is 7.93. The van der Waals surface area contributed by atoms with Gasteiger partial charge in [0, 0.05) is 18.7 Å². The Morgan fingerprint density at radius 3 is 2.48 bits per heavy atom. The molecule has 5 rings (SSSR count). The average molecular weight is 465 g/mol. The van der Waals surface area contributed by atoms with Gasteiger partial charge in [0.2, 0.25) is 16.0 Å². The van der Waals surface area contributed by atoms with Gasteiger partial charge in [-0.2, -0.15) is 0 Å². The molecule has 1 saturated carbocycles. The van der Waals surface area contributed by atoms with Crippen molar-refractivity contribution < 1.29 is 13.2 Å². The quantitative estimate of drug-likeness (QED) is 0.553.